The van der Waals surface area contributed by atoms with Gasteiger partial charge in [0.2, 0.25) is 0 Å². The summed E-state index contributed by atoms with van der Waals surface area (Å²) in [6, 6.07) is 8.36. The maximum absolute atomic E-state index is 13.5. The van der Waals surface area contributed by atoms with Gasteiger partial charge in [0.1, 0.15) is 23.1 Å². The van der Waals surface area contributed by atoms with E-state index in [0.29, 0.717) is 0 Å². The molecule has 2 rings (SSSR count). The molecule has 0 aliphatic carbocycles. The van der Waals surface area contributed by atoms with Gasteiger partial charge in [-0.05, 0) is 36.4 Å². The van der Waals surface area contributed by atoms with Crippen LogP contribution in [0.3, 0.4) is 0 Å². The first-order chi connectivity index (χ1) is 11.8. The first kappa shape index (κ1) is 18.7. The van der Waals surface area contributed by atoms with E-state index < -0.39 is 26.7 Å². The molecule has 25 heavy (non-hydrogen) atoms. The minimum atomic E-state index is -4.19. The highest BCUT2D eigenvalue weighted by atomic mass is 32.2. The van der Waals surface area contributed by atoms with Gasteiger partial charge in [0.25, 0.3) is 10.0 Å². The zero-order valence-electron chi connectivity index (χ0n) is 13.2. The van der Waals surface area contributed by atoms with Crippen LogP contribution in [0.15, 0.2) is 47.4 Å². The number of benzene rings is 2. The molecule has 0 atom stereocenters. The fourth-order valence-electron chi connectivity index (χ4n) is 1.97. The third-order valence-electron chi connectivity index (χ3n) is 3.10. The maximum Gasteiger partial charge on any atom is 0.335 e. The molecule has 2 aromatic rings. The zero-order valence-corrected chi connectivity index (χ0v) is 14.0. The highest BCUT2D eigenvalue weighted by Crippen LogP contribution is 2.27. The minimum absolute atomic E-state index is 0.0343. The van der Waals surface area contributed by atoms with Crippen LogP contribution >= 0.6 is 0 Å². The van der Waals surface area contributed by atoms with E-state index in [1.807, 2.05) is 0 Å². The molecule has 0 spiro atoms. The number of methoxy groups -OCH3 is 1. The number of rotatable bonds is 8. The first-order valence-corrected chi connectivity index (χ1v) is 8.59. The van der Waals surface area contributed by atoms with Crippen molar-refractivity contribution in [3.05, 3.63) is 53.8 Å². The first-order valence-electron chi connectivity index (χ1n) is 7.11. The predicted octanol–water partition coefficient (Wildman–Crippen LogP) is 2.35. The van der Waals surface area contributed by atoms with Gasteiger partial charge in [-0.3, -0.25) is 4.72 Å². The van der Waals surface area contributed by atoms with Crippen molar-refractivity contribution in [3.8, 4) is 5.75 Å². The molecule has 0 bridgehead atoms. The molecule has 2 N–H and O–H groups in total. The maximum atomic E-state index is 13.5. The second-order valence-electron chi connectivity index (χ2n) is 4.92. The largest absolute Gasteiger partial charge is 0.490 e. The number of aromatic carboxylic acids is 1. The summed E-state index contributed by atoms with van der Waals surface area (Å²) in [5.74, 6) is -1.99. The summed E-state index contributed by atoms with van der Waals surface area (Å²) in [7, 11) is -2.73. The SMILES string of the molecule is COCCOc1ccc(F)cc1S(=O)(=O)Nc1cccc(C(=O)O)c1. The number of nitrogens with one attached hydrogen (secondary N) is 1. The van der Waals surface area contributed by atoms with Crippen molar-refractivity contribution in [2.24, 2.45) is 0 Å². The number of sulfonamides is 1. The summed E-state index contributed by atoms with van der Waals surface area (Å²) >= 11 is 0. The van der Waals surface area contributed by atoms with E-state index in [0.717, 1.165) is 18.2 Å². The smallest absolute Gasteiger partial charge is 0.335 e. The molecule has 0 saturated carbocycles. The molecule has 0 unspecified atom stereocenters. The normalized spacial score (nSPS) is 11.1. The van der Waals surface area contributed by atoms with E-state index in [2.05, 4.69) is 4.72 Å². The van der Waals surface area contributed by atoms with Crippen LogP contribution in [0.5, 0.6) is 5.75 Å². The van der Waals surface area contributed by atoms with E-state index in [1.165, 1.54) is 31.4 Å². The Balaban J connectivity index is 2.34. The highest BCUT2D eigenvalue weighted by Gasteiger charge is 2.21. The topological polar surface area (TPSA) is 102 Å². The van der Waals surface area contributed by atoms with Crippen molar-refractivity contribution in [1.82, 2.24) is 0 Å². The third kappa shape index (κ3) is 4.91. The van der Waals surface area contributed by atoms with Crippen LogP contribution in [0.25, 0.3) is 0 Å². The average Bonchev–Trinajstić information content (AvgIpc) is 2.56. The molecule has 0 saturated heterocycles. The summed E-state index contributed by atoms with van der Waals surface area (Å²) in [4.78, 5) is 10.6. The molecule has 7 nitrogen and oxygen atoms in total. The second kappa shape index (κ2) is 7.95. The van der Waals surface area contributed by atoms with E-state index in [1.54, 1.807) is 0 Å². The summed E-state index contributed by atoms with van der Waals surface area (Å²) in [6.07, 6.45) is 0. The fourth-order valence-corrected chi connectivity index (χ4v) is 3.18. The standard InChI is InChI=1S/C16H16FNO6S/c1-23-7-8-24-14-6-5-12(17)10-15(14)25(21,22)18-13-4-2-3-11(9-13)16(19)20/h2-6,9-10,18H,7-8H2,1H3,(H,19,20). The van der Waals surface area contributed by atoms with Gasteiger partial charge >= 0.3 is 5.97 Å². The number of carboxylic acid groups (broad SMARTS) is 1. The monoisotopic (exact) mass is 369 g/mol. The molecule has 0 heterocycles. The van der Waals surface area contributed by atoms with Crippen molar-refractivity contribution in [2.45, 2.75) is 4.90 Å². The van der Waals surface area contributed by atoms with Crippen LogP contribution in [0.2, 0.25) is 0 Å². The Morgan fingerprint density at radius 3 is 2.64 bits per heavy atom. The number of halogens is 1. The number of ether oxygens (including phenoxy) is 2. The van der Waals surface area contributed by atoms with Gasteiger partial charge in [0.05, 0.1) is 12.2 Å². The number of hydrogen-bond donors (Lipinski definition) is 2. The van der Waals surface area contributed by atoms with E-state index >= 15 is 0 Å². The average molecular weight is 369 g/mol. The molecule has 0 radical (unpaired) electrons. The summed E-state index contributed by atoms with van der Waals surface area (Å²) < 4.78 is 51.0. The lowest BCUT2D eigenvalue weighted by Crippen LogP contribution is -2.16. The van der Waals surface area contributed by atoms with E-state index in [-0.39, 0.29) is 30.2 Å². The van der Waals surface area contributed by atoms with Crippen LogP contribution in [0.4, 0.5) is 10.1 Å². The molecule has 2 aromatic carbocycles. The van der Waals surface area contributed by atoms with E-state index in [4.69, 9.17) is 14.6 Å². The van der Waals surface area contributed by atoms with Gasteiger partial charge in [0, 0.05) is 12.8 Å². The molecule has 0 aliphatic rings. The van der Waals surface area contributed by atoms with E-state index in [9.17, 15) is 17.6 Å². The Kier molecular flexibility index (Phi) is 5.94. The lowest BCUT2D eigenvalue weighted by atomic mass is 10.2. The van der Waals surface area contributed by atoms with Crippen molar-refractivity contribution in [1.29, 1.82) is 0 Å². The molecular formula is C16H16FNO6S. The van der Waals surface area contributed by atoms with Crippen LogP contribution < -0.4 is 9.46 Å². The Bertz CT molecular complexity index is 869. The number of carboxylic acids is 1. The van der Waals surface area contributed by atoms with Gasteiger partial charge in [0.15, 0.2) is 0 Å². The van der Waals surface area contributed by atoms with Gasteiger partial charge < -0.3 is 14.6 Å². The Labute approximate surface area is 144 Å². The number of carbonyl (C=O) groups is 1. The summed E-state index contributed by atoms with van der Waals surface area (Å²) in [5.41, 5.74) is -0.0528. The summed E-state index contributed by atoms with van der Waals surface area (Å²) in [5, 5.41) is 8.97. The van der Waals surface area contributed by atoms with Crippen LogP contribution in [0, 0.1) is 5.82 Å². The van der Waals surface area contributed by atoms with Crippen LogP contribution in [-0.4, -0.2) is 39.8 Å². The molecular weight excluding hydrogens is 353 g/mol. The molecule has 0 aromatic heterocycles. The molecule has 0 aliphatic heterocycles. The van der Waals surface area contributed by atoms with Crippen LogP contribution in [0.1, 0.15) is 10.4 Å². The van der Waals surface area contributed by atoms with Gasteiger partial charge in [-0.2, -0.15) is 0 Å². The lowest BCUT2D eigenvalue weighted by Gasteiger charge is -2.13. The molecule has 0 amide bonds. The highest BCUT2D eigenvalue weighted by molar-refractivity contribution is 7.92. The van der Waals surface area contributed by atoms with Crippen molar-refractivity contribution >= 4 is 21.7 Å². The van der Waals surface area contributed by atoms with Gasteiger partial charge in [-0.15, -0.1) is 0 Å². The van der Waals surface area contributed by atoms with Crippen LogP contribution in [-0.2, 0) is 14.8 Å². The number of anilines is 1. The Morgan fingerprint density at radius 2 is 1.96 bits per heavy atom. The minimum Gasteiger partial charge on any atom is -0.490 e. The van der Waals surface area contributed by atoms with Crippen molar-refractivity contribution < 1.29 is 32.2 Å². The second-order valence-corrected chi connectivity index (χ2v) is 6.57. The van der Waals surface area contributed by atoms with Crippen molar-refractivity contribution in [2.75, 3.05) is 25.0 Å². The lowest BCUT2D eigenvalue weighted by molar-refractivity contribution is 0.0697. The zero-order chi connectivity index (χ0) is 18.4. The van der Waals surface area contributed by atoms with Gasteiger partial charge in [-0.1, -0.05) is 6.07 Å². The quantitative estimate of drug-likeness (QED) is 0.693. The number of hydrogen-bond acceptors (Lipinski definition) is 5. The molecule has 0 fully saturated rings. The molecule has 134 valence electrons. The fraction of sp³-hybridized carbons (Fsp3) is 0.188. The Morgan fingerprint density at radius 1 is 1.20 bits per heavy atom. The molecule has 9 heteroatoms. The van der Waals surface area contributed by atoms with Crippen molar-refractivity contribution in [3.63, 3.8) is 0 Å². The predicted molar refractivity (Wildman–Crippen MR) is 88.0 cm³/mol. The van der Waals surface area contributed by atoms with Gasteiger partial charge in [-0.25, -0.2) is 17.6 Å². The third-order valence-corrected chi connectivity index (χ3v) is 4.50. The summed E-state index contributed by atoms with van der Waals surface area (Å²) in [6.45, 7) is 0.310. The Hall–Kier alpha value is -2.65.